The van der Waals surface area contributed by atoms with E-state index in [0.29, 0.717) is 30.8 Å². The lowest BCUT2D eigenvalue weighted by molar-refractivity contribution is 0.0717. The van der Waals surface area contributed by atoms with E-state index in [1.807, 2.05) is 37.5 Å². The number of hydrogen-bond donors (Lipinski definition) is 1. The van der Waals surface area contributed by atoms with Crippen LogP contribution in [-0.2, 0) is 20.0 Å². The molecule has 0 unspecified atom stereocenters. The van der Waals surface area contributed by atoms with Crippen LogP contribution in [0.4, 0.5) is 6.01 Å². The second-order valence-electron chi connectivity index (χ2n) is 5.79. The standard InChI is InChI=1S/C17H19N5O3/c1-3-12-11(9-22(2)21-12)8-18-17-20-19-16(25-17)15-10-23-13-6-4-5-7-14(13)24-15/h4-7,9,15H,3,8,10H2,1-2H3,(H,18,20)/t15-/m1/s1. The fourth-order valence-electron chi connectivity index (χ4n) is 2.78. The summed E-state index contributed by atoms with van der Waals surface area (Å²) in [6, 6.07) is 7.87. The monoisotopic (exact) mass is 341 g/mol. The molecule has 2 aromatic heterocycles. The normalized spacial score (nSPS) is 16.0. The van der Waals surface area contributed by atoms with Crippen molar-refractivity contribution >= 4 is 6.01 Å². The molecule has 1 atom stereocenters. The van der Waals surface area contributed by atoms with Crippen LogP contribution >= 0.6 is 0 Å². The van der Waals surface area contributed by atoms with E-state index in [4.69, 9.17) is 13.9 Å². The number of aromatic nitrogens is 4. The lowest BCUT2D eigenvalue weighted by atomic mass is 10.2. The topological polar surface area (TPSA) is 87.2 Å². The summed E-state index contributed by atoms with van der Waals surface area (Å²) in [6.45, 7) is 2.99. The molecule has 8 heteroatoms. The first-order valence-electron chi connectivity index (χ1n) is 8.20. The molecule has 0 radical (unpaired) electrons. The third-order valence-corrected chi connectivity index (χ3v) is 3.98. The summed E-state index contributed by atoms with van der Waals surface area (Å²) in [4.78, 5) is 0. The minimum Gasteiger partial charge on any atom is -0.485 e. The number of ether oxygens (including phenoxy) is 2. The Hall–Kier alpha value is -3.03. The molecular formula is C17H19N5O3. The van der Waals surface area contributed by atoms with Crippen LogP contribution in [0.2, 0.25) is 0 Å². The van der Waals surface area contributed by atoms with Crippen LogP contribution in [0.1, 0.15) is 30.2 Å². The first-order valence-corrected chi connectivity index (χ1v) is 8.20. The number of anilines is 1. The lowest BCUT2D eigenvalue weighted by Crippen LogP contribution is -2.21. The van der Waals surface area contributed by atoms with E-state index in [0.717, 1.165) is 23.4 Å². The van der Waals surface area contributed by atoms with Crippen molar-refractivity contribution in [2.45, 2.75) is 26.0 Å². The highest BCUT2D eigenvalue weighted by atomic mass is 16.6. The highest BCUT2D eigenvalue weighted by Crippen LogP contribution is 2.35. The van der Waals surface area contributed by atoms with Crippen molar-refractivity contribution < 1.29 is 13.9 Å². The molecule has 1 aliphatic rings. The lowest BCUT2D eigenvalue weighted by Gasteiger charge is -2.23. The molecule has 0 amide bonds. The number of nitrogens with one attached hydrogen (secondary N) is 1. The van der Waals surface area contributed by atoms with Gasteiger partial charge in [0, 0.05) is 25.4 Å². The number of hydrogen-bond acceptors (Lipinski definition) is 7. The van der Waals surface area contributed by atoms with Crippen molar-refractivity contribution in [3.05, 3.63) is 47.6 Å². The Balaban J connectivity index is 1.42. The highest BCUT2D eigenvalue weighted by Gasteiger charge is 2.27. The van der Waals surface area contributed by atoms with E-state index in [1.54, 1.807) is 4.68 Å². The van der Waals surface area contributed by atoms with Crippen molar-refractivity contribution in [2.24, 2.45) is 7.05 Å². The summed E-state index contributed by atoms with van der Waals surface area (Å²) >= 11 is 0. The van der Waals surface area contributed by atoms with Gasteiger partial charge >= 0.3 is 6.01 Å². The van der Waals surface area contributed by atoms with E-state index in [9.17, 15) is 0 Å². The molecule has 4 rings (SSSR count). The minimum atomic E-state index is -0.414. The highest BCUT2D eigenvalue weighted by molar-refractivity contribution is 5.41. The van der Waals surface area contributed by atoms with E-state index in [-0.39, 0.29) is 0 Å². The molecule has 8 nitrogen and oxygen atoms in total. The summed E-state index contributed by atoms with van der Waals surface area (Å²) < 4.78 is 19.0. The van der Waals surface area contributed by atoms with Gasteiger partial charge in [0.15, 0.2) is 11.5 Å². The Morgan fingerprint density at radius 3 is 2.92 bits per heavy atom. The molecule has 0 aliphatic carbocycles. The summed E-state index contributed by atoms with van der Waals surface area (Å²) in [5.74, 6) is 1.79. The average Bonchev–Trinajstić information content (AvgIpc) is 3.25. The van der Waals surface area contributed by atoms with Crippen molar-refractivity contribution in [1.82, 2.24) is 20.0 Å². The van der Waals surface area contributed by atoms with E-state index in [2.05, 4.69) is 27.5 Å². The molecule has 0 saturated carbocycles. The number of para-hydroxylation sites is 2. The number of benzene rings is 1. The molecule has 3 heterocycles. The van der Waals surface area contributed by atoms with Gasteiger partial charge in [0.1, 0.15) is 6.61 Å². The number of aryl methyl sites for hydroxylation is 2. The van der Waals surface area contributed by atoms with Gasteiger partial charge in [-0.3, -0.25) is 4.68 Å². The first kappa shape index (κ1) is 15.5. The fraction of sp³-hybridized carbons (Fsp3) is 0.353. The Morgan fingerprint density at radius 2 is 2.08 bits per heavy atom. The summed E-state index contributed by atoms with van der Waals surface area (Å²) in [5, 5.41) is 15.7. The molecule has 130 valence electrons. The average molecular weight is 341 g/mol. The van der Waals surface area contributed by atoms with Gasteiger partial charge in [-0.2, -0.15) is 5.10 Å². The first-order chi connectivity index (χ1) is 12.2. The third kappa shape index (κ3) is 3.15. The molecule has 25 heavy (non-hydrogen) atoms. The van der Waals surface area contributed by atoms with Crippen molar-refractivity contribution in [1.29, 1.82) is 0 Å². The van der Waals surface area contributed by atoms with E-state index >= 15 is 0 Å². The van der Waals surface area contributed by atoms with E-state index < -0.39 is 6.10 Å². The molecule has 3 aromatic rings. The maximum absolute atomic E-state index is 5.87. The predicted octanol–water partition coefficient (Wildman–Crippen LogP) is 2.49. The Morgan fingerprint density at radius 1 is 1.24 bits per heavy atom. The second-order valence-corrected chi connectivity index (χ2v) is 5.79. The van der Waals surface area contributed by atoms with Gasteiger partial charge in [-0.1, -0.05) is 24.2 Å². The maximum atomic E-state index is 5.87. The number of fused-ring (bicyclic) bond motifs is 1. The second kappa shape index (κ2) is 6.46. The van der Waals surface area contributed by atoms with Crippen LogP contribution in [0.15, 0.2) is 34.9 Å². The molecular weight excluding hydrogens is 322 g/mol. The summed E-state index contributed by atoms with van der Waals surface area (Å²) in [5.41, 5.74) is 2.16. The van der Waals surface area contributed by atoms with Crippen molar-refractivity contribution in [2.75, 3.05) is 11.9 Å². The SMILES string of the molecule is CCc1nn(C)cc1CNc1nnc([C@H]2COc3ccccc3O2)o1. The zero-order chi connectivity index (χ0) is 17.2. The van der Waals surface area contributed by atoms with Gasteiger partial charge in [-0.05, 0) is 18.6 Å². The number of nitrogens with zero attached hydrogens (tertiary/aromatic N) is 4. The molecule has 1 aliphatic heterocycles. The smallest absolute Gasteiger partial charge is 0.315 e. The van der Waals surface area contributed by atoms with Crippen LogP contribution in [0.25, 0.3) is 0 Å². The van der Waals surface area contributed by atoms with Gasteiger partial charge in [-0.25, -0.2) is 0 Å². The van der Waals surface area contributed by atoms with Crippen LogP contribution in [-0.4, -0.2) is 26.6 Å². The largest absolute Gasteiger partial charge is 0.485 e. The Labute approximate surface area is 144 Å². The molecule has 0 saturated heterocycles. The number of rotatable bonds is 5. The van der Waals surface area contributed by atoms with Crippen LogP contribution in [0.3, 0.4) is 0 Å². The zero-order valence-corrected chi connectivity index (χ0v) is 14.1. The van der Waals surface area contributed by atoms with E-state index in [1.165, 1.54) is 0 Å². The van der Waals surface area contributed by atoms with Crippen LogP contribution in [0.5, 0.6) is 11.5 Å². The van der Waals surface area contributed by atoms with Crippen LogP contribution < -0.4 is 14.8 Å². The molecule has 1 N–H and O–H groups in total. The predicted molar refractivity (Wildman–Crippen MR) is 89.5 cm³/mol. The molecule has 0 fully saturated rings. The summed E-state index contributed by atoms with van der Waals surface area (Å²) in [6.07, 6.45) is 2.44. The van der Waals surface area contributed by atoms with Crippen LogP contribution in [0, 0.1) is 0 Å². The third-order valence-electron chi connectivity index (χ3n) is 3.98. The fourth-order valence-corrected chi connectivity index (χ4v) is 2.78. The maximum Gasteiger partial charge on any atom is 0.315 e. The van der Waals surface area contributed by atoms with Gasteiger partial charge in [-0.15, -0.1) is 5.10 Å². The van der Waals surface area contributed by atoms with Gasteiger partial charge in [0.25, 0.3) is 5.89 Å². The Bertz CT molecular complexity index is 873. The minimum absolute atomic E-state index is 0.335. The van der Waals surface area contributed by atoms with Crippen molar-refractivity contribution in [3.8, 4) is 11.5 Å². The molecule has 0 bridgehead atoms. The van der Waals surface area contributed by atoms with Crippen molar-refractivity contribution in [3.63, 3.8) is 0 Å². The molecule has 1 aromatic carbocycles. The van der Waals surface area contributed by atoms with Gasteiger partial charge in [0.05, 0.1) is 5.69 Å². The quantitative estimate of drug-likeness (QED) is 0.763. The molecule has 0 spiro atoms. The Kier molecular flexibility index (Phi) is 4.01. The zero-order valence-electron chi connectivity index (χ0n) is 14.1. The van der Waals surface area contributed by atoms with Gasteiger partial charge in [0.2, 0.25) is 6.10 Å². The summed E-state index contributed by atoms with van der Waals surface area (Å²) in [7, 11) is 1.91. The van der Waals surface area contributed by atoms with Gasteiger partial charge < -0.3 is 19.2 Å².